The van der Waals surface area contributed by atoms with Gasteiger partial charge in [0.1, 0.15) is 5.82 Å². The lowest BCUT2D eigenvalue weighted by molar-refractivity contribution is -0.144. The molecule has 0 atom stereocenters. The van der Waals surface area contributed by atoms with Gasteiger partial charge in [-0.3, -0.25) is 4.68 Å². The van der Waals surface area contributed by atoms with Crippen molar-refractivity contribution in [3.63, 3.8) is 0 Å². The maximum Gasteiger partial charge on any atom is 0.449 e. The first kappa shape index (κ1) is 23.9. The van der Waals surface area contributed by atoms with Crippen LogP contribution in [-0.4, -0.2) is 56.0 Å². The lowest BCUT2D eigenvalue weighted by Crippen LogP contribution is -2.37. The third-order valence-corrected chi connectivity index (χ3v) is 6.37. The van der Waals surface area contributed by atoms with Gasteiger partial charge in [-0.05, 0) is 23.8 Å². The Balaban J connectivity index is 1.31. The van der Waals surface area contributed by atoms with E-state index < -0.39 is 12.0 Å². The van der Waals surface area contributed by atoms with Crippen LogP contribution >= 0.6 is 0 Å². The zero-order chi connectivity index (χ0) is 26.3. The number of morpholine rings is 1. The van der Waals surface area contributed by atoms with E-state index in [4.69, 9.17) is 14.7 Å². The summed E-state index contributed by atoms with van der Waals surface area (Å²) in [5.41, 5.74) is 4.27. The molecule has 194 valence electrons. The van der Waals surface area contributed by atoms with Crippen LogP contribution < -0.4 is 10.2 Å². The average Bonchev–Trinajstić information content (AvgIpc) is 3.57. The Morgan fingerprint density at radius 2 is 1.71 bits per heavy atom. The van der Waals surface area contributed by atoms with Gasteiger partial charge in [0.2, 0.25) is 11.8 Å². The molecule has 4 heterocycles. The van der Waals surface area contributed by atoms with Gasteiger partial charge in [-0.25, -0.2) is 9.97 Å². The number of alkyl halides is 3. The quantitative estimate of drug-likeness (QED) is 0.336. The van der Waals surface area contributed by atoms with Crippen molar-refractivity contribution in [1.82, 2.24) is 29.7 Å². The summed E-state index contributed by atoms with van der Waals surface area (Å²) in [5, 5.41) is 8.68. The van der Waals surface area contributed by atoms with E-state index in [2.05, 4.69) is 25.3 Å². The Bertz CT molecular complexity index is 1590. The number of nitrogens with zero attached hydrogens (tertiary/aromatic N) is 6. The number of aryl methyl sites for hydroxylation is 1. The van der Waals surface area contributed by atoms with E-state index in [0.717, 1.165) is 27.8 Å². The fourth-order valence-electron chi connectivity index (χ4n) is 4.35. The zero-order valence-electron chi connectivity index (χ0n) is 20.3. The van der Waals surface area contributed by atoms with Crippen molar-refractivity contribution >= 4 is 28.4 Å². The highest BCUT2D eigenvalue weighted by atomic mass is 19.4. The van der Waals surface area contributed by atoms with Crippen molar-refractivity contribution in [1.29, 1.82) is 0 Å². The molecule has 12 heteroatoms. The lowest BCUT2D eigenvalue weighted by atomic mass is 10.1. The van der Waals surface area contributed by atoms with E-state index in [1.54, 1.807) is 24.3 Å². The van der Waals surface area contributed by atoms with Crippen molar-refractivity contribution in [3.8, 4) is 22.5 Å². The summed E-state index contributed by atoms with van der Waals surface area (Å²) in [7, 11) is 1.90. The number of rotatable bonds is 5. The second kappa shape index (κ2) is 9.45. The van der Waals surface area contributed by atoms with Crippen LogP contribution in [-0.2, 0) is 18.0 Å². The molecule has 2 aromatic carbocycles. The molecule has 0 amide bonds. The number of hydrogen-bond donors (Lipinski definition) is 2. The van der Waals surface area contributed by atoms with Crippen LogP contribution in [0.15, 0.2) is 60.9 Å². The van der Waals surface area contributed by atoms with Gasteiger partial charge in [0, 0.05) is 42.8 Å². The molecule has 2 N–H and O–H groups in total. The molecule has 0 bridgehead atoms. The van der Waals surface area contributed by atoms with E-state index in [1.807, 2.05) is 42.2 Å². The summed E-state index contributed by atoms with van der Waals surface area (Å²) in [5.74, 6) is 0.158. The van der Waals surface area contributed by atoms with E-state index in [-0.39, 0.29) is 5.69 Å². The number of imidazole rings is 1. The molecule has 0 saturated carbocycles. The van der Waals surface area contributed by atoms with Gasteiger partial charge in [0.05, 0.1) is 42.5 Å². The lowest BCUT2D eigenvalue weighted by Gasteiger charge is -2.27. The van der Waals surface area contributed by atoms with Gasteiger partial charge in [0.25, 0.3) is 0 Å². The molecule has 5 aromatic rings. The summed E-state index contributed by atoms with van der Waals surface area (Å²) in [6, 6.07) is 14.9. The maximum absolute atomic E-state index is 12.9. The molecule has 38 heavy (non-hydrogen) atoms. The van der Waals surface area contributed by atoms with Crippen LogP contribution in [0.3, 0.4) is 0 Å². The number of ether oxygens (including phenoxy) is 1. The average molecular weight is 521 g/mol. The summed E-state index contributed by atoms with van der Waals surface area (Å²) in [6.07, 6.45) is -1.53. The molecule has 3 aromatic heterocycles. The second-order valence-corrected chi connectivity index (χ2v) is 8.93. The van der Waals surface area contributed by atoms with Gasteiger partial charge in [0.15, 0.2) is 0 Å². The van der Waals surface area contributed by atoms with Gasteiger partial charge < -0.3 is 19.9 Å². The van der Waals surface area contributed by atoms with E-state index >= 15 is 0 Å². The first-order chi connectivity index (χ1) is 18.3. The fraction of sp³-hybridized carbons (Fsp3) is 0.231. The summed E-state index contributed by atoms with van der Waals surface area (Å²) in [4.78, 5) is 17.4. The second-order valence-electron chi connectivity index (χ2n) is 8.93. The van der Waals surface area contributed by atoms with Crippen LogP contribution in [0.25, 0.3) is 33.4 Å². The van der Waals surface area contributed by atoms with E-state index in [0.29, 0.717) is 43.6 Å². The molecule has 0 unspecified atom stereocenters. The van der Waals surface area contributed by atoms with Crippen molar-refractivity contribution in [2.75, 3.05) is 36.5 Å². The van der Waals surface area contributed by atoms with Crippen LogP contribution in [0.4, 0.5) is 30.6 Å². The number of H-pyrrole nitrogens is 1. The Kier molecular flexibility index (Phi) is 5.95. The summed E-state index contributed by atoms with van der Waals surface area (Å²) >= 11 is 0. The molecule has 9 nitrogen and oxygen atoms in total. The molecule has 0 spiro atoms. The zero-order valence-corrected chi connectivity index (χ0v) is 20.3. The molecular formula is C26H23F3N8O. The van der Waals surface area contributed by atoms with E-state index in [9.17, 15) is 13.2 Å². The molecular weight excluding hydrogens is 497 g/mol. The number of anilines is 3. The summed E-state index contributed by atoms with van der Waals surface area (Å²) in [6.45, 7) is 2.57. The largest absolute Gasteiger partial charge is 0.449 e. The standard InChI is InChI=1S/C26H23F3N8O/c1-36-22-12-17(2-3-18(22)14-31-36)20-13-23(35-25(34-20)37-8-10-38-11-9-37)32-19-6-4-16(5-7-19)21-15-30-24(33-21)26(27,28)29/h2-7,12-15H,8-11H2,1H3,(H,30,33)(H,32,34,35). The highest BCUT2D eigenvalue weighted by molar-refractivity contribution is 5.84. The smallest absolute Gasteiger partial charge is 0.378 e. The highest BCUT2D eigenvalue weighted by Gasteiger charge is 2.34. The highest BCUT2D eigenvalue weighted by Crippen LogP contribution is 2.31. The Morgan fingerprint density at radius 1 is 0.947 bits per heavy atom. The fourth-order valence-corrected chi connectivity index (χ4v) is 4.35. The normalized spacial score (nSPS) is 14.3. The SMILES string of the molecule is Cn1ncc2ccc(-c3cc(Nc4ccc(-c5cnc(C(F)(F)F)[nH]5)cc4)nc(N4CCOCC4)n3)cc21. The van der Waals surface area contributed by atoms with Crippen LogP contribution in [0.2, 0.25) is 0 Å². The topological polar surface area (TPSA) is 96.8 Å². The molecule has 1 fully saturated rings. The molecule has 6 rings (SSSR count). The first-order valence-electron chi connectivity index (χ1n) is 12.0. The number of hydrogen-bond acceptors (Lipinski definition) is 7. The van der Waals surface area contributed by atoms with Gasteiger partial charge in [-0.15, -0.1) is 0 Å². The molecule has 1 aliphatic rings. The first-order valence-corrected chi connectivity index (χ1v) is 12.0. The van der Waals surface area contributed by atoms with Crippen molar-refractivity contribution < 1.29 is 17.9 Å². The van der Waals surface area contributed by atoms with Crippen molar-refractivity contribution in [2.24, 2.45) is 7.05 Å². The molecule has 0 aliphatic carbocycles. The predicted octanol–water partition coefficient (Wildman–Crippen LogP) is 5.02. The minimum Gasteiger partial charge on any atom is -0.378 e. The van der Waals surface area contributed by atoms with Crippen LogP contribution in [0.5, 0.6) is 0 Å². The molecule has 1 saturated heterocycles. The Hall–Kier alpha value is -4.45. The van der Waals surface area contributed by atoms with Gasteiger partial charge >= 0.3 is 6.18 Å². The third kappa shape index (κ3) is 4.77. The number of nitrogens with one attached hydrogen (secondary N) is 2. The monoisotopic (exact) mass is 520 g/mol. The van der Waals surface area contributed by atoms with Crippen molar-refractivity contribution in [3.05, 3.63) is 66.7 Å². The predicted molar refractivity (Wildman–Crippen MR) is 137 cm³/mol. The number of halogens is 3. The number of aromatic amines is 1. The van der Waals surface area contributed by atoms with Crippen LogP contribution in [0.1, 0.15) is 5.82 Å². The van der Waals surface area contributed by atoms with Gasteiger partial charge in [-0.1, -0.05) is 24.3 Å². The minimum absolute atomic E-state index is 0.286. The number of benzene rings is 2. The molecule has 0 radical (unpaired) electrons. The minimum atomic E-state index is -4.52. The number of aromatic nitrogens is 6. The third-order valence-electron chi connectivity index (χ3n) is 6.37. The Labute approximate surface area is 215 Å². The number of fused-ring (bicyclic) bond motifs is 1. The summed E-state index contributed by atoms with van der Waals surface area (Å²) < 4.78 is 46.0. The van der Waals surface area contributed by atoms with E-state index in [1.165, 1.54) is 6.20 Å². The van der Waals surface area contributed by atoms with Crippen LogP contribution in [0, 0.1) is 0 Å². The van der Waals surface area contributed by atoms with Crippen molar-refractivity contribution in [2.45, 2.75) is 6.18 Å². The molecule has 1 aliphatic heterocycles. The Morgan fingerprint density at radius 3 is 2.45 bits per heavy atom. The van der Waals surface area contributed by atoms with Gasteiger partial charge in [-0.2, -0.15) is 23.3 Å². The maximum atomic E-state index is 12.9.